The van der Waals surface area contributed by atoms with Crippen molar-refractivity contribution in [3.63, 3.8) is 0 Å². The van der Waals surface area contributed by atoms with E-state index in [9.17, 15) is 9.59 Å². The van der Waals surface area contributed by atoms with Gasteiger partial charge in [0.25, 0.3) is 5.91 Å². The number of nitrogens with two attached hydrogens (primary N) is 1. The van der Waals surface area contributed by atoms with Crippen molar-refractivity contribution < 1.29 is 9.59 Å². The molecule has 0 heterocycles. The Hall–Kier alpha value is -1.88. The fourth-order valence-electron chi connectivity index (χ4n) is 1.76. The van der Waals surface area contributed by atoms with Gasteiger partial charge in [0.2, 0.25) is 5.91 Å². The van der Waals surface area contributed by atoms with Crippen LogP contribution in [0.2, 0.25) is 0 Å². The van der Waals surface area contributed by atoms with Crippen molar-refractivity contribution in [3.8, 4) is 0 Å². The van der Waals surface area contributed by atoms with Crippen LogP contribution in [0.25, 0.3) is 0 Å². The van der Waals surface area contributed by atoms with E-state index in [0.29, 0.717) is 30.8 Å². The second-order valence-corrected chi connectivity index (χ2v) is 4.77. The summed E-state index contributed by atoms with van der Waals surface area (Å²) >= 11 is 0. The molecule has 20 heavy (non-hydrogen) atoms. The van der Waals surface area contributed by atoms with Gasteiger partial charge in [0, 0.05) is 12.5 Å². The van der Waals surface area contributed by atoms with E-state index in [-0.39, 0.29) is 17.7 Å². The van der Waals surface area contributed by atoms with Crippen molar-refractivity contribution >= 4 is 17.5 Å². The number of nitrogens with one attached hydrogen (secondary N) is 2. The lowest BCUT2D eigenvalue weighted by Gasteiger charge is -2.14. The van der Waals surface area contributed by atoms with Crippen molar-refractivity contribution in [2.75, 3.05) is 18.4 Å². The lowest BCUT2D eigenvalue weighted by molar-refractivity contribution is -0.119. The van der Waals surface area contributed by atoms with Gasteiger partial charge in [-0.25, -0.2) is 0 Å². The van der Waals surface area contributed by atoms with E-state index in [4.69, 9.17) is 5.73 Å². The fraction of sp³-hybridized carbons (Fsp3) is 0.467. The summed E-state index contributed by atoms with van der Waals surface area (Å²) in [6.07, 6.45) is 1.49. The van der Waals surface area contributed by atoms with Gasteiger partial charge in [-0.2, -0.15) is 0 Å². The first-order valence-electron chi connectivity index (χ1n) is 6.98. The van der Waals surface area contributed by atoms with Gasteiger partial charge in [-0.15, -0.1) is 0 Å². The van der Waals surface area contributed by atoms with Crippen molar-refractivity contribution in [2.45, 2.75) is 26.7 Å². The molecule has 1 aromatic carbocycles. The van der Waals surface area contributed by atoms with Gasteiger partial charge < -0.3 is 16.4 Å². The van der Waals surface area contributed by atoms with Crippen LogP contribution in [0.5, 0.6) is 0 Å². The smallest absolute Gasteiger partial charge is 0.253 e. The molecule has 0 aromatic heterocycles. The average Bonchev–Trinajstić information content (AvgIpc) is 2.45. The quantitative estimate of drug-likeness (QED) is 0.710. The summed E-state index contributed by atoms with van der Waals surface area (Å²) < 4.78 is 0. The van der Waals surface area contributed by atoms with Gasteiger partial charge in [0.1, 0.15) is 0 Å². The maximum atomic E-state index is 12.0. The molecule has 0 radical (unpaired) electrons. The third-order valence-electron chi connectivity index (χ3n) is 3.01. The normalized spacial score (nSPS) is 11.8. The minimum Gasteiger partial charge on any atom is -0.352 e. The molecule has 0 spiro atoms. The Morgan fingerprint density at radius 1 is 1.30 bits per heavy atom. The summed E-state index contributed by atoms with van der Waals surface area (Å²) in [4.78, 5) is 24.0. The zero-order chi connectivity index (χ0) is 15.0. The van der Waals surface area contributed by atoms with Crippen molar-refractivity contribution in [1.29, 1.82) is 0 Å². The molecule has 5 nitrogen and oxygen atoms in total. The molecule has 1 atom stereocenters. The topological polar surface area (TPSA) is 84.2 Å². The molecule has 1 unspecified atom stereocenters. The molecule has 0 saturated heterocycles. The van der Waals surface area contributed by atoms with Gasteiger partial charge in [-0.1, -0.05) is 26.0 Å². The van der Waals surface area contributed by atoms with E-state index >= 15 is 0 Å². The van der Waals surface area contributed by atoms with Crippen LogP contribution in [0.4, 0.5) is 5.69 Å². The maximum absolute atomic E-state index is 12.0. The minimum absolute atomic E-state index is 0.119. The standard InChI is InChI=1S/C15H23N3O2/c1-3-10-17-15(20)12-6-4-5-7-13(12)18-14(19)11(2)8-9-16/h4-7,11H,3,8-10,16H2,1-2H3,(H,17,20)(H,18,19). The highest BCUT2D eigenvalue weighted by molar-refractivity contribution is 6.04. The molecular weight excluding hydrogens is 254 g/mol. The summed E-state index contributed by atoms with van der Waals surface area (Å²) in [5.41, 5.74) is 6.47. The second-order valence-electron chi connectivity index (χ2n) is 4.77. The predicted octanol–water partition coefficient (Wildman–Crippen LogP) is 1.75. The molecular formula is C15H23N3O2. The SMILES string of the molecule is CCCNC(=O)c1ccccc1NC(=O)C(C)CCN. The van der Waals surface area contributed by atoms with Crippen LogP contribution in [0.3, 0.4) is 0 Å². The zero-order valence-corrected chi connectivity index (χ0v) is 12.1. The first kappa shape index (κ1) is 16.2. The fourth-order valence-corrected chi connectivity index (χ4v) is 1.76. The van der Waals surface area contributed by atoms with E-state index < -0.39 is 0 Å². The highest BCUT2D eigenvalue weighted by Crippen LogP contribution is 2.16. The molecule has 1 rings (SSSR count). The van der Waals surface area contributed by atoms with E-state index in [0.717, 1.165) is 6.42 Å². The van der Waals surface area contributed by atoms with Crippen LogP contribution in [-0.2, 0) is 4.79 Å². The number of anilines is 1. The maximum Gasteiger partial charge on any atom is 0.253 e. The Morgan fingerprint density at radius 2 is 2.00 bits per heavy atom. The van der Waals surface area contributed by atoms with Crippen molar-refractivity contribution in [3.05, 3.63) is 29.8 Å². The van der Waals surface area contributed by atoms with Crippen LogP contribution < -0.4 is 16.4 Å². The average molecular weight is 277 g/mol. The lowest BCUT2D eigenvalue weighted by atomic mass is 10.1. The molecule has 4 N–H and O–H groups in total. The van der Waals surface area contributed by atoms with Gasteiger partial charge in [0.05, 0.1) is 11.3 Å². The number of para-hydroxylation sites is 1. The summed E-state index contributed by atoms with van der Waals surface area (Å²) in [7, 11) is 0. The number of rotatable bonds is 7. The predicted molar refractivity (Wildman–Crippen MR) is 80.5 cm³/mol. The number of amides is 2. The van der Waals surface area contributed by atoms with E-state index in [1.165, 1.54) is 0 Å². The van der Waals surface area contributed by atoms with Crippen LogP contribution in [-0.4, -0.2) is 24.9 Å². The number of hydrogen-bond donors (Lipinski definition) is 3. The van der Waals surface area contributed by atoms with Gasteiger partial charge in [-0.05, 0) is 31.5 Å². The molecule has 1 aromatic rings. The third kappa shape index (κ3) is 4.66. The van der Waals surface area contributed by atoms with Crippen LogP contribution >= 0.6 is 0 Å². The monoisotopic (exact) mass is 277 g/mol. The highest BCUT2D eigenvalue weighted by Gasteiger charge is 2.16. The Labute approximate surface area is 119 Å². The molecule has 2 amide bonds. The van der Waals surface area contributed by atoms with Crippen LogP contribution in [0, 0.1) is 5.92 Å². The zero-order valence-electron chi connectivity index (χ0n) is 12.1. The Morgan fingerprint density at radius 3 is 2.65 bits per heavy atom. The number of benzene rings is 1. The highest BCUT2D eigenvalue weighted by atomic mass is 16.2. The largest absolute Gasteiger partial charge is 0.352 e. The first-order valence-corrected chi connectivity index (χ1v) is 6.98. The minimum atomic E-state index is -0.174. The van der Waals surface area contributed by atoms with Gasteiger partial charge in [0.15, 0.2) is 0 Å². The summed E-state index contributed by atoms with van der Waals surface area (Å²) in [5, 5.41) is 5.60. The Balaban J connectivity index is 2.80. The lowest BCUT2D eigenvalue weighted by Crippen LogP contribution is -2.27. The molecule has 0 bridgehead atoms. The number of hydrogen-bond acceptors (Lipinski definition) is 3. The van der Waals surface area contributed by atoms with Gasteiger partial charge in [-0.3, -0.25) is 9.59 Å². The summed E-state index contributed by atoms with van der Waals surface area (Å²) in [6.45, 7) is 4.89. The Kier molecular flexibility index (Phi) is 6.73. The Bertz CT molecular complexity index is 460. The van der Waals surface area contributed by atoms with E-state index in [2.05, 4.69) is 10.6 Å². The second kappa shape index (κ2) is 8.32. The van der Waals surface area contributed by atoms with Crippen LogP contribution in [0.1, 0.15) is 37.0 Å². The van der Waals surface area contributed by atoms with Crippen molar-refractivity contribution in [2.24, 2.45) is 11.7 Å². The molecule has 0 aliphatic carbocycles. The molecule has 110 valence electrons. The van der Waals surface area contributed by atoms with Gasteiger partial charge >= 0.3 is 0 Å². The molecule has 0 aliphatic heterocycles. The number of carbonyl (C=O) groups excluding carboxylic acids is 2. The third-order valence-corrected chi connectivity index (χ3v) is 3.01. The molecule has 0 aliphatic rings. The molecule has 0 saturated carbocycles. The number of carbonyl (C=O) groups is 2. The molecule has 5 heteroatoms. The van der Waals surface area contributed by atoms with E-state index in [1.54, 1.807) is 24.3 Å². The van der Waals surface area contributed by atoms with E-state index in [1.807, 2.05) is 13.8 Å². The van der Waals surface area contributed by atoms with Crippen LogP contribution in [0.15, 0.2) is 24.3 Å². The molecule has 0 fully saturated rings. The summed E-state index contributed by atoms with van der Waals surface area (Å²) in [5.74, 6) is -0.466. The first-order chi connectivity index (χ1) is 9.60. The summed E-state index contributed by atoms with van der Waals surface area (Å²) in [6, 6.07) is 7.00. The van der Waals surface area contributed by atoms with Crippen molar-refractivity contribution in [1.82, 2.24) is 5.32 Å².